The number of fused-ring (bicyclic) bond motifs is 1. The second-order valence-corrected chi connectivity index (χ2v) is 6.14. The van der Waals surface area contributed by atoms with Crippen molar-refractivity contribution < 1.29 is 0 Å². The molecule has 0 amide bonds. The Hall–Kier alpha value is -1.22. The lowest BCUT2D eigenvalue weighted by molar-refractivity contribution is 0.231. The Morgan fingerprint density at radius 1 is 1.16 bits per heavy atom. The highest BCUT2D eigenvalue weighted by molar-refractivity contribution is 5.63. The molecule has 0 bridgehead atoms. The summed E-state index contributed by atoms with van der Waals surface area (Å²) in [4.78, 5) is 7.45. The first-order chi connectivity index (χ1) is 9.15. The standard InChI is InChI=1S/C16H25N3/c1-13-6-7-14(11-16(13)17(2)3)19-10-9-18-8-4-5-15(18)12-19/h6-7,11,15H,4-5,8-10,12H2,1-3H3. The van der Waals surface area contributed by atoms with Crippen LogP contribution in [-0.4, -0.2) is 51.2 Å². The van der Waals surface area contributed by atoms with Crippen molar-refractivity contribution >= 4 is 11.4 Å². The fourth-order valence-electron chi connectivity index (χ4n) is 3.50. The first-order valence-corrected chi connectivity index (χ1v) is 7.42. The highest BCUT2D eigenvalue weighted by Crippen LogP contribution is 2.29. The quantitative estimate of drug-likeness (QED) is 0.807. The van der Waals surface area contributed by atoms with E-state index in [0.717, 1.165) is 6.04 Å². The van der Waals surface area contributed by atoms with Crippen LogP contribution in [0.1, 0.15) is 18.4 Å². The van der Waals surface area contributed by atoms with E-state index in [-0.39, 0.29) is 0 Å². The molecule has 2 aliphatic rings. The minimum atomic E-state index is 0.790. The van der Waals surface area contributed by atoms with Gasteiger partial charge in [-0.3, -0.25) is 4.90 Å². The molecule has 0 saturated carbocycles. The molecule has 1 atom stereocenters. The Kier molecular flexibility index (Phi) is 3.40. The highest BCUT2D eigenvalue weighted by Gasteiger charge is 2.30. The van der Waals surface area contributed by atoms with Gasteiger partial charge in [-0.1, -0.05) is 6.07 Å². The van der Waals surface area contributed by atoms with Crippen LogP contribution in [0.15, 0.2) is 18.2 Å². The van der Waals surface area contributed by atoms with Crippen molar-refractivity contribution in [1.82, 2.24) is 4.90 Å². The Morgan fingerprint density at radius 3 is 2.79 bits per heavy atom. The molecule has 2 aliphatic heterocycles. The molecular weight excluding hydrogens is 234 g/mol. The van der Waals surface area contributed by atoms with Gasteiger partial charge < -0.3 is 9.80 Å². The number of piperazine rings is 1. The molecule has 0 radical (unpaired) electrons. The molecule has 2 saturated heterocycles. The minimum absolute atomic E-state index is 0.790. The maximum atomic E-state index is 2.66. The van der Waals surface area contributed by atoms with Gasteiger partial charge in [0.15, 0.2) is 0 Å². The van der Waals surface area contributed by atoms with Gasteiger partial charge in [0.25, 0.3) is 0 Å². The van der Waals surface area contributed by atoms with E-state index < -0.39 is 0 Å². The summed E-state index contributed by atoms with van der Waals surface area (Å²) in [6.07, 6.45) is 2.76. The summed E-state index contributed by atoms with van der Waals surface area (Å²) < 4.78 is 0. The second kappa shape index (κ2) is 5.04. The van der Waals surface area contributed by atoms with Crippen LogP contribution in [0.3, 0.4) is 0 Å². The van der Waals surface area contributed by atoms with Crippen LogP contribution in [0, 0.1) is 6.92 Å². The maximum absolute atomic E-state index is 2.66. The van der Waals surface area contributed by atoms with E-state index in [0.29, 0.717) is 0 Å². The zero-order valence-electron chi connectivity index (χ0n) is 12.4. The van der Waals surface area contributed by atoms with E-state index in [9.17, 15) is 0 Å². The number of benzene rings is 1. The summed E-state index contributed by atoms with van der Waals surface area (Å²) in [5.74, 6) is 0. The van der Waals surface area contributed by atoms with Gasteiger partial charge in [0, 0.05) is 51.1 Å². The van der Waals surface area contributed by atoms with Crippen molar-refractivity contribution in [2.24, 2.45) is 0 Å². The first-order valence-electron chi connectivity index (χ1n) is 7.42. The average molecular weight is 259 g/mol. The van der Waals surface area contributed by atoms with E-state index in [1.165, 1.54) is 56.0 Å². The lowest BCUT2D eigenvalue weighted by atomic mass is 10.1. The zero-order valence-corrected chi connectivity index (χ0v) is 12.4. The van der Waals surface area contributed by atoms with Crippen molar-refractivity contribution in [2.45, 2.75) is 25.8 Å². The summed E-state index contributed by atoms with van der Waals surface area (Å²) in [5, 5.41) is 0. The zero-order chi connectivity index (χ0) is 13.4. The third-order valence-corrected chi connectivity index (χ3v) is 4.63. The second-order valence-electron chi connectivity index (χ2n) is 6.14. The molecule has 0 N–H and O–H groups in total. The van der Waals surface area contributed by atoms with Gasteiger partial charge in [0.2, 0.25) is 0 Å². The van der Waals surface area contributed by atoms with Crippen LogP contribution in [0.25, 0.3) is 0 Å². The van der Waals surface area contributed by atoms with Crippen molar-refractivity contribution in [1.29, 1.82) is 0 Å². The molecule has 1 aromatic carbocycles. The Labute approximate surface area is 116 Å². The first kappa shape index (κ1) is 12.8. The van der Waals surface area contributed by atoms with E-state index in [1.54, 1.807) is 0 Å². The topological polar surface area (TPSA) is 9.72 Å². The maximum Gasteiger partial charge on any atom is 0.0411 e. The third-order valence-electron chi connectivity index (χ3n) is 4.63. The van der Waals surface area contributed by atoms with Crippen LogP contribution in [0.5, 0.6) is 0 Å². The molecule has 19 heavy (non-hydrogen) atoms. The Balaban J connectivity index is 1.80. The normalized spacial score (nSPS) is 23.5. The van der Waals surface area contributed by atoms with Gasteiger partial charge >= 0.3 is 0 Å². The van der Waals surface area contributed by atoms with Crippen LogP contribution in [0.4, 0.5) is 11.4 Å². The Morgan fingerprint density at radius 2 is 2.00 bits per heavy atom. The predicted octanol–water partition coefficient (Wildman–Crippen LogP) is 2.35. The van der Waals surface area contributed by atoms with Gasteiger partial charge in [0.1, 0.15) is 0 Å². The molecule has 3 heteroatoms. The fourth-order valence-corrected chi connectivity index (χ4v) is 3.50. The lowest BCUT2D eigenvalue weighted by Crippen LogP contribution is -2.50. The number of hydrogen-bond donors (Lipinski definition) is 0. The summed E-state index contributed by atoms with van der Waals surface area (Å²) >= 11 is 0. The van der Waals surface area contributed by atoms with Crippen molar-refractivity contribution in [2.75, 3.05) is 50.1 Å². The molecule has 2 fully saturated rings. The molecule has 3 nitrogen and oxygen atoms in total. The van der Waals surface area contributed by atoms with E-state index in [4.69, 9.17) is 0 Å². The number of rotatable bonds is 2. The minimum Gasteiger partial charge on any atom is -0.377 e. The molecule has 2 heterocycles. The van der Waals surface area contributed by atoms with Crippen molar-refractivity contribution in [3.8, 4) is 0 Å². The molecule has 3 rings (SSSR count). The molecule has 0 spiro atoms. The van der Waals surface area contributed by atoms with E-state index in [2.05, 4.69) is 53.9 Å². The smallest absolute Gasteiger partial charge is 0.0411 e. The largest absolute Gasteiger partial charge is 0.377 e. The van der Waals surface area contributed by atoms with Gasteiger partial charge in [-0.15, -0.1) is 0 Å². The lowest BCUT2D eigenvalue weighted by Gasteiger charge is -2.39. The molecule has 104 valence electrons. The van der Waals surface area contributed by atoms with Gasteiger partial charge in [-0.05, 0) is 44.0 Å². The summed E-state index contributed by atoms with van der Waals surface area (Å²) in [5.41, 5.74) is 4.08. The fraction of sp³-hybridized carbons (Fsp3) is 0.625. The van der Waals surface area contributed by atoms with Crippen LogP contribution < -0.4 is 9.80 Å². The number of nitrogens with zero attached hydrogens (tertiary/aromatic N) is 3. The van der Waals surface area contributed by atoms with Gasteiger partial charge in [-0.25, -0.2) is 0 Å². The number of anilines is 2. The van der Waals surface area contributed by atoms with Gasteiger partial charge in [0.05, 0.1) is 0 Å². The van der Waals surface area contributed by atoms with E-state index in [1.807, 2.05) is 0 Å². The van der Waals surface area contributed by atoms with Crippen molar-refractivity contribution in [3.05, 3.63) is 23.8 Å². The summed E-state index contributed by atoms with van der Waals surface area (Å²) in [6.45, 7) is 7.11. The Bertz CT molecular complexity index is 455. The monoisotopic (exact) mass is 259 g/mol. The van der Waals surface area contributed by atoms with E-state index >= 15 is 0 Å². The molecular formula is C16H25N3. The average Bonchev–Trinajstić information content (AvgIpc) is 2.86. The number of hydrogen-bond acceptors (Lipinski definition) is 3. The molecule has 0 aromatic heterocycles. The molecule has 0 aliphatic carbocycles. The summed E-state index contributed by atoms with van der Waals surface area (Å²) in [7, 11) is 4.25. The van der Waals surface area contributed by atoms with Crippen molar-refractivity contribution in [3.63, 3.8) is 0 Å². The predicted molar refractivity (Wildman–Crippen MR) is 82.3 cm³/mol. The molecule has 1 unspecified atom stereocenters. The van der Waals surface area contributed by atoms with Crippen LogP contribution in [-0.2, 0) is 0 Å². The third kappa shape index (κ3) is 2.44. The van der Waals surface area contributed by atoms with Crippen LogP contribution in [0.2, 0.25) is 0 Å². The highest BCUT2D eigenvalue weighted by atomic mass is 15.3. The van der Waals surface area contributed by atoms with Crippen LogP contribution >= 0.6 is 0 Å². The molecule has 1 aromatic rings. The number of aryl methyl sites for hydroxylation is 1. The SMILES string of the molecule is Cc1ccc(N2CCN3CCCC3C2)cc1N(C)C. The van der Waals surface area contributed by atoms with Gasteiger partial charge in [-0.2, -0.15) is 0 Å². The summed E-state index contributed by atoms with van der Waals surface area (Å²) in [6, 6.07) is 7.68.